The van der Waals surface area contributed by atoms with E-state index >= 15 is 0 Å². The highest BCUT2D eigenvalue weighted by Crippen LogP contribution is 2.18. The highest BCUT2D eigenvalue weighted by Gasteiger charge is 2.14. The molecule has 17 heavy (non-hydrogen) atoms. The van der Waals surface area contributed by atoms with Gasteiger partial charge in [-0.3, -0.25) is 10.3 Å². The average Bonchev–Trinajstić information content (AvgIpc) is 2.77. The van der Waals surface area contributed by atoms with E-state index in [4.69, 9.17) is 4.42 Å². The Bertz CT molecular complexity index is 467. The molecule has 2 heterocycles. The summed E-state index contributed by atoms with van der Waals surface area (Å²) in [6.45, 7) is 6.06. The van der Waals surface area contributed by atoms with Gasteiger partial charge < -0.3 is 4.42 Å². The van der Waals surface area contributed by atoms with Crippen molar-refractivity contribution < 1.29 is 4.42 Å². The third kappa shape index (κ3) is 2.91. The first kappa shape index (κ1) is 11.8. The molecule has 0 bridgehead atoms. The number of oxazole rings is 1. The van der Waals surface area contributed by atoms with E-state index in [1.165, 1.54) is 5.56 Å². The Morgan fingerprint density at radius 1 is 1.18 bits per heavy atom. The highest BCUT2D eigenvalue weighted by molar-refractivity contribution is 5.14. The van der Waals surface area contributed by atoms with Gasteiger partial charge in [-0.1, -0.05) is 0 Å². The van der Waals surface area contributed by atoms with Gasteiger partial charge in [0.15, 0.2) is 0 Å². The van der Waals surface area contributed by atoms with Gasteiger partial charge in [0.05, 0.1) is 12.2 Å². The van der Waals surface area contributed by atoms with E-state index in [9.17, 15) is 0 Å². The molecular formula is C13H17N3O. The minimum absolute atomic E-state index is 0.0897. The van der Waals surface area contributed by atoms with Gasteiger partial charge in [0.2, 0.25) is 5.89 Å². The average molecular weight is 231 g/mol. The Morgan fingerprint density at radius 2 is 1.88 bits per heavy atom. The minimum Gasteiger partial charge on any atom is -0.444 e. The van der Waals surface area contributed by atoms with Crippen LogP contribution in [0.4, 0.5) is 0 Å². The third-order valence-corrected chi connectivity index (χ3v) is 2.72. The molecule has 0 saturated heterocycles. The topological polar surface area (TPSA) is 51.0 Å². The lowest BCUT2D eigenvalue weighted by molar-refractivity contribution is 0.380. The molecule has 2 atom stereocenters. The van der Waals surface area contributed by atoms with Crippen LogP contribution in [0.5, 0.6) is 0 Å². The van der Waals surface area contributed by atoms with Crippen LogP contribution in [0, 0.1) is 6.92 Å². The molecule has 2 unspecified atom stereocenters. The lowest BCUT2D eigenvalue weighted by Gasteiger charge is -2.17. The van der Waals surface area contributed by atoms with Crippen LogP contribution in [0.25, 0.3) is 0 Å². The molecule has 90 valence electrons. The Hall–Kier alpha value is -1.68. The number of nitrogens with zero attached hydrogens (tertiary/aromatic N) is 2. The lowest BCUT2D eigenvalue weighted by atomic mass is 10.1. The van der Waals surface area contributed by atoms with Gasteiger partial charge in [-0.2, -0.15) is 0 Å². The molecule has 4 nitrogen and oxygen atoms in total. The second-order valence-electron chi connectivity index (χ2n) is 4.20. The monoisotopic (exact) mass is 231 g/mol. The molecule has 2 aromatic rings. The van der Waals surface area contributed by atoms with Crippen molar-refractivity contribution in [1.82, 2.24) is 15.3 Å². The normalized spacial score (nSPS) is 14.5. The predicted octanol–water partition coefficient (Wildman–Crippen LogP) is 2.79. The molecule has 0 saturated carbocycles. The van der Waals surface area contributed by atoms with Crippen LogP contribution < -0.4 is 5.32 Å². The molecule has 4 heteroatoms. The van der Waals surface area contributed by atoms with Crippen molar-refractivity contribution in [3.63, 3.8) is 0 Å². The van der Waals surface area contributed by atoms with Crippen LogP contribution in [0.3, 0.4) is 0 Å². The summed E-state index contributed by atoms with van der Waals surface area (Å²) in [4.78, 5) is 8.23. The van der Waals surface area contributed by atoms with Crippen molar-refractivity contribution >= 4 is 0 Å². The van der Waals surface area contributed by atoms with Gasteiger partial charge in [-0.05, 0) is 38.5 Å². The van der Waals surface area contributed by atoms with Crippen molar-refractivity contribution in [1.29, 1.82) is 0 Å². The summed E-state index contributed by atoms with van der Waals surface area (Å²) in [6, 6.07) is 4.34. The van der Waals surface area contributed by atoms with E-state index in [1.54, 1.807) is 18.6 Å². The van der Waals surface area contributed by atoms with Crippen molar-refractivity contribution in [3.8, 4) is 0 Å². The first-order valence-corrected chi connectivity index (χ1v) is 5.75. The quantitative estimate of drug-likeness (QED) is 0.879. The largest absolute Gasteiger partial charge is 0.444 e. The standard InChI is InChI=1S/C13H17N3O/c1-9-8-15-13(17-9)11(3)16-10(2)12-4-6-14-7-5-12/h4-8,10-11,16H,1-3H3. The zero-order valence-corrected chi connectivity index (χ0v) is 10.3. The number of hydrogen-bond donors (Lipinski definition) is 1. The van der Waals surface area contributed by atoms with E-state index in [0.29, 0.717) is 0 Å². The van der Waals surface area contributed by atoms with E-state index in [1.807, 2.05) is 26.0 Å². The summed E-state index contributed by atoms with van der Waals surface area (Å²) in [5.74, 6) is 1.56. The summed E-state index contributed by atoms with van der Waals surface area (Å²) in [7, 11) is 0. The zero-order chi connectivity index (χ0) is 12.3. The van der Waals surface area contributed by atoms with Gasteiger partial charge in [-0.15, -0.1) is 0 Å². The van der Waals surface area contributed by atoms with Crippen molar-refractivity contribution in [2.24, 2.45) is 0 Å². The summed E-state index contributed by atoms with van der Waals surface area (Å²) < 4.78 is 5.50. The van der Waals surface area contributed by atoms with Gasteiger partial charge in [0.1, 0.15) is 5.76 Å². The van der Waals surface area contributed by atoms with Crippen molar-refractivity contribution in [3.05, 3.63) is 47.9 Å². The smallest absolute Gasteiger partial charge is 0.211 e. The molecule has 0 spiro atoms. The molecular weight excluding hydrogens is 214 g/mol. The van der Waals surface area contributed by atoms with Gasteiger partial charge >= 0.3 is 0 Å². The maximum Gasteiger partial charge on any atom is 0.211 e. The van der Waals surface area contributed by atoms with Gasteiger partial charge in [0, 0.05) is 18.4 Å². The van der Waals surface area contributed by atoms with Crippen LogP contribution in [-0.2, 0) is 0 Å². The van der Waals surface area contributed by atoms with Crippen molar-refractivity contribution in [2.75, 3.05) is 0 Å². The third-order valence-electron chi connectivity index (χ3n) is 2.72. The van der Waals surface area contributed by atoms with E-state index in [-0.39, 0.29) is 12.1 Å². The molecule has 0 aromatic carbocycles. The predicted molar refractivity (Wildman–Crippen MR) is 65.4 cm³/mol. The molecule has 0 aliphatic rings. The Labute approximate surface area is 101 Å². The maximum absolute atomic E-state index is 5.50. The lowest BCUT2D eigenvalue weighted by Crippen LogP contribution is -2.22. The highest BCUT2D eigenvalue weighted by atomic mass is 16.4. The Morgan fingerprint density at radius 3 is 2.47 bits per heavy atom. The van der Waals surface area contributed by atoms with E-state index in [0.717, 1.165) is 11.7 Å². The molecule has 0 amide bonds. The summed E-state index contributed by atoms with van der Waals surface area (Å²) in [6.07, 6.45) is 5.34. The van der Waals surface area contributed by atoms with Gasteiger partial charge in [0.25, 0.3) is 0 Å². The first-order chi connectivity index (χ1) is 8.16. The van der Waals surface area contributed by atoms with Crippen LogP contribution >= 0.6 is 0 Å². The number of rotatable bonds is 4. The molecule has 0 aliphatic carbocycles. The molecule has 0 aliphatic heterocycles. The fourth-order valence-corrected chi connectivity index (χ4v) is 1.77. The van der Waals surface area contributed by atoms with E-state index in [2.05, 4.69) is 22.2 Å². The van der Waals surface area contributed by atoms with Crippen LogP contribution in [0.15, 0.2) is 35.1 Å². The van der Waals surface area contributed by atoms with Crippen LogP contribution in [0.2, 0.25) is 0 Å². The molecule has 2 aromatic heterocycles. The zero-order valence-electron chi connectivity index (χ0n) is 10.3. The van der Waals surface area contributed by atoms with Crippen LogP contribution in [-0.4, -0.2) is 9.97 Å². The summed E-state index contributed by atoms with van der Waals surface area (Å²) >= 11 is 0. The fraction of sp³-hybridized carbons (Fsp3) is 0.385. The molecule has 2 rings (SSSR count). The van der Waals surface area contributed by atoms with Crippen molar-refractivity contribution in [2.45, 2.75) is 32.9 Å². The van der Waals surface area contributed by atoms with E-state index < -0.39 is 0 Å². The SMILES string of the molecule is Cc1cnc(C(C)NC(C)c2ccncc2)o1. The summed E-state index contributed by atoms with van der Waals surface area (Å²) in [5, 5.41) is 3.44. The Balaban J connectivity index is 2.02. The fourth-order valence-electron chi connectivity index (χ4n) is 1.77. The maximum atomic E-state index is 5.50. The number of aromatic nitrogens is 2. The number of aryl methyl sites for hydroxylation is 1. The second-order valence-corrected chi connectivity index (χ2v) is 4.20. The second kappa shape index (κ2) is 5.10. The first-order valence-electron chi connectivity index (χ1n) is 5.75. The number of nitrogens with one attached hydrogen (secondary N) is 1. The molecule has 1 N–H and O–H groups in total. The van der Waals surface area contributed by atoms with Crippen LogP contribution in [0.1, 0.15) is 43.1 Å². The number of pyridine rings is 1. The number of hydrogen-bond acceptors (Lipinski definition) is 4. The Kier molecular flexibility index (Phi) is 3.54. The van der Waals surface area contributed by atoms with Gasteiger partial charge in [-0.25, -0.2) is 4.98 Å². The minimum atomic E-state index is 0.0897. The molecule has 0 fully saturated rings. The molecule has 0 radical (unpaired) electrons. The summed E-state index contributed by atoms with van der Waals surface area (Å²) in [5.41, 5.74) is 1.20.